The van der Waals surface area contributed by atoms with Crippen LogP contribution in [-0.4, -0.2) is 46.3 Å². The average molecular weight is 438 g/mol. The molecule has 1 atom stereocenters. The Morgan fingerprint density at radius 2 is 2.00 bits per heavy atom. The van der Waals surface area contributed by atoms with Crippen molar-refractivity contribution in [2.45, 2.75) is 45.7 Å². The van der Waals surface area contributed by atoms with Crippen molar-refractivity contribution in [3.63, 3.8) is 0 Å². The zero-order chi connectivity index (χ0) is 22.7. The number of aryl methyl sites for hydroxylation is 1. The first-order valence-corrected chi connectivity index (χ1v) is 11.3. The Kier molecular flexibility index (Phi) is 6.58. The van der Waals surface area contributed by atoms with Crippen molar-refractivity contribution in [2.75, 3.05) is 34.4 Å². The highest BCUT2D eigenvalue weighted by molar-refractivity contribution is 6.03. The van der Waals surface area contributed by atoms with Crippen LogP contribution in [0, 0.1) is 0 Å². The van der Waals surface area contributed by atoms with E-state index in [0.717, 1.165) is 53.6 Å². The van der Waals surface area contributed by atoms with Crippen molar-refractivity contribution in [3.05, 3.63) is 54.8 Å². The molecule has 4 rings (SSSR count). The summed E-state index contributed by atoms with van der Waals surface area (Å²) < 4.78 is 15.5. The maximum absolute atomic E-state index is 13.7. The number of nitrogens with zero attached hydrogens (tertiary/aromatic N) is 7. The van der Waals surface area contributed by atoms with E-state index in [-0.39, 0.29) is 0 Å². The number of hydrogen-bond acceptors (Lipinski definition) is 6. The lowest BCUT2D eigenvalue weighted by atomic mass is 10.1. The first kappa shape index (κ1) is 22.0. The summed E-state index contributed by atoms with van der Waals surface area (Å²) in [5.74, 6) is 0.891. The maximum Gasteiger partial charge on any atom is 0.128 e. The maximum atomic E-state index is 13.7. The molecule has 0 aromatic carbocycles. The van der Waals surface area contributed by atoms with Gasteiger partial charge in [-0.3, -0.25) is 4.68 Å². The van der Waals surface area contributed by atoms with Crippen LogP contribution in [0.2, 0.25) is 0 Å². The van der Waals surface area contributed by atoms with Crippen LogP contribution in [0.1, 0.15) is 39.5 Å². The fourth-order valence-corrected chi connectivity index (χ4v) is 4.15. The summed E-state index contributed by atoms with van der Waals surface area (Å²) in [6, 6.07) is 4.04. The number of aromatic nitrogens is 3. The predicted octanol–water partition coefficient (Wildman–Crippen LogP) is 4.65. The second kappa shape index (κ2) is 9.54. The van der Waals surface area contributed by atoms with Gasteiger partial charge in [0.05, 0.1) is 35.2 Å². The van der Waals surface area contributed by atoms with Crippen LogP contribution in [0.25, 0.3) is 0 Å². The van der Waals surface area contributed by atoms with Crippen molar-refractivity contribution >= 4 is 22.9 Å². The molecule has 0 saturated carbocycles. The van der Waals surface area contributed by atoms with Gasteiger partial charge in [0, 0.05) is 39.1 Å². The third kappa shape index (κ3) is 4.84. The van der Waals surface area contributed by atoms with Gasteiger partial charge in [0.15, 0.2) is 0 Å². The van der Waals surface area contributed by atoms with Crippen LogP contribution in [0.4, 0.5) is 21.6 Å². The summed E-state index contributed by atoms with van der Waals surface area (Å²) >= 11 is 0. The van der Waals surface area contributed by atoms with Gasteiger partial charge in [-0.05, 0) is 50.3 Å². The number of allylic oxidation sites excluding steroid dienone is 1. The molecule has 4 heterocycles. The number of hydrazone groups is 1. The molecule has 2 aliphatic rings. The number of halogens is 1. The van der Waals surface area contributed by atoms with Crippen LogP contribution in [0.5, 0.6) is 0 Å². The highest BCUT2D eigenvalue weighted by Gasteiger charge is 2.21. The van der Waals surface area contributed by atoms with E-state index >= 15 is 0 Å². The van der Waals surface area contributed by atoms with E-state index in [1.54, 1.807) is 4.68 Å². The third-order valence-electron chi connectivity index (χ3n) is 5.95. The minimum absolute atomic E-state index is 0.567. The summed E-state index contributed by atoms with van der Waals surface area (Å²) in [7, 11) is 1.91. The molecule has 1 unspecified atom stereocenters. The Bertz CT molecular complexity index is 1010. The summed E-state index contributed by atoms with van der Waals surface area (Å²) in [4.78, 5) is 9.00. The molecule has 0 N–H and O–H groups in total. The second-order valence-corrected chi connectivity index (χ2v) is 8.52. The molecule has 7 nitrogen and oxygen atoms in total. The molecule has 0 bridgehead atoms. The first-order chi connectivity index (χ1) is 15.4. The van der Waals surface area contributed by atoms with E-state index in [0.29, 0.717) is 25.9 Å². The van der Waals surface area contributed by atoms with Crippen LogP contribution >= 0.6 is 0 Å². The van der Waals surface area contributed by atoms with Crippen molar-refractivity contribution < 1.29 is 4.39 Å². The summed E-state index contributed by atoms with van der Waals surface area (Å²) in [6.07, 6.45) is 9.84. The molecule has 0 radical (unpaired) electrons. The predicted molar refractivity (Wildman–Crippen MR) is 129 cm³/mol. The van der Waals surface area contributed by atoms with Crippen molar-refractivity contribution in [3.8, 4) is 0 Å². The molecule has 32 heavy (non-hydrogen) atoms. The number of pyridine rings is 1. The average Bonchev–Trinajstić information content (AvgIpc) is 3.09. The number of alkyl halides is 1. The van der Waals surface area contributed by atoms with Gasteiger partial charge in [0.1, 0.15) is 12.0 Å². The van der Waals surface area contributed by atoms with Crippen LogP contribution in [0.15, 0.2) is 59.9 Å². The second-order valence-electron chi connectivity index (χ2n) is 8.52. The van der Waals surface area contributed by atoms with Crippen LogP contribution < -0.4 is 14.8 Å². The molecule has 1 saturated heterocycles. The smallest absolute Gasteiger partial charge is 0.128 e. The van der Waals surface area contributed by atoms with Gasteiger partial charge in [0.25, 0.3) is 0 Å². The van der Waals surface area contributed by atoms with Gasteiger partial charge >= 0.3 is 0 Å². The molecule has 0 amide bonds. The van der Waals surface area contributed by atoms with Crippen LogP contribution in [-0.2, 0) is 7.05 Å². The highest BCUT2D eigenvalue weighted by Crippen LogP contribution is 2.27. The van der Waals surface area contributed by atoms with Gasteiger partial charge in [-0.2, -0.15) is 10.2 Å². The number of hydrogen-bond donors (Lipinski definition) is 0. The number of anilines is 3. The van der Waals surface area contributed by atoms with Gasteiger partial charge in [-0.15, -0.1) is 0 Å². The van der Waals surface area contributed by atoms with Crippen molar-refractivity contribution in [1.82, 2.24) is 14.8 Å². The molecule has 2 aromatic rings. The van der Waals surface area contributed by atoms with E-state index in [9.17, 15) is 4.39 Å². The Hall–Kier alpha value is -3.16. The molecule has 0 spiro atoms. The Morgan fingerprint density at radius 3 is 2.69 bits per heavy atom. The quantitative estimate of drug-likeness (QED) is 0.697. The topological polar surface area (TPSA) is 52.8 Å². The molecule has 8 heteroatoms. The Labute approximate surface area is 189 Å². The minimum Gasteiger partial charge on any atom is -0.357 e. The lowest BCUT2D eigenvalue weighted by Crippen LogP contribution is -2.32. The highest BCUT2D eigenvalue weighted by atomic mass is 19.1. The van der Waals surface area contributed by atoms with Crippen molar-refractivity contribution in [1.29, 1.82) is 0 Å². The standard InChI is InChI=1S/C24H32FN7/c1-5-23-19(3)31(22-14-27-29(4)17-22)15-18(2)16-32(28-23)21-8-9-24(26-13-21)30-11-6-7-20(25)10-12-30/h8-9,13-14,16-17,20H,3,5-7,10-12,15H2,1-2,4H3/b18-16+,28-23+. The van der Waals surface area contributed by atoms with E-state index in [4.69, 9.17) is 5.10 Å². The largest absolute Gasteiger partial charge is 0.357 e. The molecular formula is C24H32FN7. The van der Waals surface area contributed by atoms with Crippen LogP contribution in [0.3, 0.4) is 0 Å². The summed E-state index contributed by atoms with van der Waals surface area (Å²) in [6.45, 7) is 10.8. The normalized spacial score (nSPS) is 23.7. The van der Waals surface area contributed by atoms with E-state index < -0.39 is 6.17 Å². The lowest BCUT2D eigenvalue weighted by molar-refractivity contribution is 0.307. The van der Waals surface area contributed by atoms with E-state index in [1.807, 2.05) is 49.0 Å². The summed E-state index contributed by atoms with van der Waals surface area (Å²) in [5.41, 5.74) is 4.80. The SMILES string of the molecule is C=C1/C(CC)=N/N(c2ccc(N3CCCC(F)CC3)nc2)/C=C(\C)CN1c1cnn(C)c1. The van der Waals surface area contributed by atoms with E-state index in [1.165, 1.54) is 0 Å². The number of rotatable bonds is 4. The molecule has 0 aliphatic carbocycles. The third-order valence-corrected chi connectivity index (χ3v) is 5.95. The zero-order valence-corrected chi connectivity index (χ0v) is 19.2. The molecule has 2 aromatic heterocycles. The molecule has 170 valence electrons. The molecule has 1 fully saturated rings. The van der Waals surface area contributed by atoms with Gasteiger partial charge in [0.2, 0.25) is 0 Å². The zero-order valence-electron chi connectivity index (χ0n) is 19.2. The van der Waals surface area contributed by atoms with Gasteiger partial charge in [-0.1, -0.05) is 13.5 Å². The van der Waals surface area contributed by atoms with E-state index in [2.05, 4.69) is 40.3 Å². The first-order valence-electron chi connectivity index (χ1n) is 11.3. The molecular weight excluding hydrogens is 405 g/mol. The summed E-state index contributed by atoms with van der Waals surface area (Å²) in [5, 5.41) is 11.1. The van der Waals surface area contributed by atoms with Crippen molar-refractivity contribution in [2.24, 2.45) is 12.1 Å². The van der Waals surface area contributed by atoms with Gasteiger partial charge in [-0.25, -0.2) is 14.4 Å². The Balaban J connectivity index is 1.58. The van der Waals surface area contributed by atoms with Gasteiger partial charge < -0.3 is 9.80 Å². The lowest BCUT2D eigenvalue weighted by Gasteiger charge is -2.30. The Morgan fingerprint density at radius 1 is 1.16 bits per heavy atom. The monoisotopic (exact) mass is 437 g/mol. The minimum atomic E-state index is -0.699. The molecule has 2 aliphatic heterocycles. The fraction of sp³-hybridized carbons (Fsp3) is 0.458. The fourth-order valence-electron chi connectivity index (χ4n) is 4.15.